The van der Waals surface area contributed by atoms with E-state index >= 15 is 0 Å². The van der Waals surface area contributed by atoms with E-state index in [0.29, 0.717) is 0 Å². The molecule has 0 amide bonds. The van der Waals surface area contributed by atoms with E-state index in [9.17, 15) is 20.4 Å². The molecule has 0 radical (unpaired) electrons. The second kappa shape index (κ2) is 3.87. The van der Waals surface area contributed by atoms with E-state index in [1.807, 2.05) is 0 Å². The lowest BCUT2D eigenvalue weighted by atomic mass is 9.93. The van der Waals surface area contributed by atoms with Gasteiger partial charge in [0.05, 0.1) is 12.7 Å². The van der Waals surface area contributed by atoms with Crippen molar-refractivity contribution in [3.8, 4) is 0 Å². The third kappa shape index (κ3) is 1.98. The predicted molar refractivity (Wildman–Crippen MR) is 42.9 cm³/mol. The molecule has 1 rings (SSSR count). The van der Waals surface area contributed by atoms with Crippen molar-refractivity contribution < 1.29 is 25.5 Å². The Morgan fingerprint density at radius 3 is 2.46 bits per heavy atom. The molecule has 0 aliphatic carbocycles. The molecule has 0 aromatic heterocycles. The van der Waals surface area contributed by atoms with Gasteiger partial charge in [0.1, 0.15) is 17.8 Å². The standard InChI is InChI=1S/C7H15NO5/c9-3-7(13)2-8-1-4(10)5(11)6(7)12/h4-6,8-13H,1-3H2/t4-,5+,6-,7+/m0/s1. The van der Waals surface area contributed by atoms with Crippen LogP contribution in [0.1, 0.15) is 0 Å². The summed E-state index contributed by atoms with van der Waals surface area (Å²) in [6.45, 7) is -0.676. The average Bonchev–Trinajstić information content (AvgIpc) is 2.21. The molecule has 1 fully saturated rings. The van der Waals surface area contributed by atoms with Crippen molar-refractivity contribution in [2.45, 2.75) is 23.9 Å². The van der Waals surface area contributed by atoms with E-state index in [1.165, 1.54) is 0 Å². The highest BCUT2D eigenvalue weighted by Crippen LogP contribution is 2.17. The molecule has 1 aliphatic rings. The number of hydrogen-bond acceptors (Lipinski definition) is 6. The van der Waals surface area contributed by atoms with Gasteiger partial charge in [-0.25, -0.2) is 0 Å². The molecule has 78 valence electrons. The highest BCUT2D eigenvalue weighted by molar-refractivity contribution is 4.97. The summed E-state index contributed by atoms with van der Waals surface area (Å²) in [5.41, 5.74) is -1.79. The maximum atomic E-state index is 9.58. The number of nitrogens with one attached hydrogen (secondary N) is 1. The molecule has 13 heavy (non-hydrogen) atoms. The van der Waals surface area contributed by atoms with Crippen molar-refractivity contribution in [1.29, 1.82) is 0 Å². The third-order valence-electron chi connectivity index (χ3n) is 2.33. The summed E-state index contributed by atoms with van der Waals surface area (Å²) in [7, 11) is 0. The maximum Gasteiger partial charge on any atom is 0.128 e. The molecular weight excluding hydrogens is 178 g/mol. The van der Waals surface area contributed by atoms with Crippen LogP contribution in [0.3, 0.4) is 0 Å². The second-order valence-electron chi connectivity index (χ2n) is 3.40. The van der Waals surface area contributed by atoms with Gasteiger partial charge in [-0.2, -0.15) is 0 Å². The average molecular weight is 193 g/mol. The van der Waals surface area contributed by atoms with E-state index in [2.05, 4.69) is 5.32 Å². The molecule has 1 saturated heterocycles. The monoisotopic (exact) mass is 193 g/mol. The largest absolute Gasteiger partial charge is 0.393 e. The minimum absolute atomic E-state index is 0.0700. The lowest BCUT2D eigenvalue weighted by Gasteiger charge is -2.31. The van der Waals surface area contributed by atoms with E-state index in [4.69, 9.17) is 5.11 Å². The topological polar surface area (TPSA) is 113 Å². The molecule has 0 spiro atoms. The smallest absolute Gasteiger partial charge is 0.128 e. The molecule has 1 aliphatic heterocycles. The van der Waals surface area contributed by atoms with Crippen molar-refractivity contribution in [1.82, 2.24) is 5.32 Å². The van der Waals surface area contributed by atoms with Gasteiger partial charge in [-0.15, -0.1) is 0 Å². The normalized spacial score (nSPS) is 47.3. The minimum atomic E-state index is -1.79. The van der Waals surface area contributed by atoms with Crippen molar-refractivity contribution >= 4 is 0 Å². The summed E-state index contributed by atoms with van der Waals surface area (Å²) in [5.74, 6) is 0. The number of hydrogen-bond donors (Lipinski definition) is 6. The molecule has 6 heteroatoms. The van der Waals surface area contributed by atoms with Gasteiger partial charge in [0.2, 0.25) is 0 Å². The van der Waals surface area contributed by atoms with Crippen molar-refractivity contribution in [2.75, 3.05) is 19.7 Å². The van der Waals surface area contributed by atoms with Crippen LogP contribution >= 0.6 is 0 Å². The molecule has 1 heterocycles. The lowest BCUT2D eigenvalue weighted by Crippen LogP contribution is -2.56. The summed E-state index contributed by atoms with van der Waals surface area (Å²) in [4.78, 5) is 0. The Kier molecular flexibility index (Phi) is 3.23. The van der Waals surface area contributed by atoms with Crippen LogP contribution in [0, 0.1) is 0 Å². The first-order valence-corrected chi connectivity index (χ1v) is 4.09. The quantitative estimate of drug-likeness (QED) is 0.256. The summed E-state index contributed by atoms with van der Waals surface area (Å²) in [6, 6.07) is 0. The maximum absolute atomic E-state index is 9.58. The zero-order chi connectivity index (χ0) is 10.1. The van der Waals surface area contributed by atoms with E-state index < -0.39 is 30.5 Å². The minimum Gasteiger partial charge on any atom is -0.393 e. The fourth-order valence-electron chi connectivity index (χ4n) is 1.34. The van der Waals surface area contributed by atoms with Gasteiger partial charge < -0.3 is 30.8 Å². The van der Waals surface area contributed by atoms with Gasteiger partial charge in [0.15, 0.2) is 0 Å². The fraction of sp³-hybridized carbons (Fsp3) is 1.00. The van der Waals surface area contributed by atoms with Crippen LogP contribution in [0.25, 0.3) is 0 Å². The Hall–Kier alpha value is -0.240. The zero-order valence-electron chi connectivity index (χ0n) is 7.09. The first-order chi connectivity index (χ1) is 6.01. The SMILES string of the molecule is OC[C@]1(O)CNC[C@H](O)[C@@H](O)[C@@H]1O. The molecule has 6 nitrogen and oxygen atoms in total. The lowest BCUT2D eigenvalue weighted by molar-refractivity contribution is -0.153. The Labute approximate surface area is 75.4 Å². The molecule has 0 bridgehead atoms. The van der Waals surface area contributed by atoms with E-state index in [1.54, 1.807) is 0 Å². The van der Waals surface area contributed by atoms with Crippen molar-refractivity contribution in [3.63, 3.8) is 0 Å². The molecule has 0 saturated carbocycles. The van der Waals surface area contributed by atoms with Crippen LogP contribution in [-0.2, 0) is 0 Å². The first-order valence-electron chi connectivity index (χ1n) is 4.09. The molecular formula is C7H15NO5. The fourth-order valence-corrected chi connectivity index (χ4v) is 1.34. The van der Waals surface area contributed by atoms with Gasteiger partial charge in [-0.3, -0.25) is 0 Å². The van der Waals surface area contributed by atoms with Crippen LogP contribution in [0.4, 0.5) is 0 Å². The number of aliphatic hydroxyl groups excluding tert-OH is 4. The van der Waals surface area contributed by atoms with Crippen molar-refractivity contribution in [2.24, 2.45) is 0 Å². The Balaban J connectivity index is 2.78. The number of rotatable bonds is 1. The molecule has 0 aromatic carbocycles. The Morgan fingerprint density at radius 1 is 1.31 bits per heavy atom. The van der Waals surface area contributed by atoms with E-state index in [-0.39, 0.29) is 13.1 Å². The van der Waals surface area contributed by atoms with Gasteiger partial charge in [-0.05, 0) is 0 Å². The van der Waals surface area contributed by atoms with Crippen LogP contribution in [0.5, 0.6) is 0 Å². The number of β-amino-alcohol motifs (C(OH)–C–C–N with tert-alkyl or cyclic N) is 2. The second-order valence-corrected chi connectivity index (χ2v) is 3.40. The zero-order valence-corrected chi connectivity index (χ0v) is 7.09. The molecule has 0 aromatic rings. The Bertz CT molecular complexity index is 178. The van der Waals surface area contributed by atoms with Gasteiger partial charge in [0.25, 0.3) is 0 Å². The van der Waals surface area contributed by atoms with Crippen LogP contribution in [0.2, 0.25) is 0 Å². The van der Waals surface area contributed by atoms with Crippen LogP contribution in [-0.4, -0.2) is 69.1 Å². The summed E-state index contributed by atoms with van der Waals surface area (Å²) < 4.78 is 0. The third-order valence-corrected chi connectivity index (χ3v) is 2.33. The van der Waals surface area contributed by atoms with E-state index in [0.717, 1.165) is 0 Å². The number of aliphatic hydroxyl groups is 5. The molecule has 0 unspecified atom stereocenters. The van der Waals surface area contributed by atoms with Crippen LogP contribution < -0.4 is 5.32 Å². The van der Waals surface area contributed by atoms with Crippen LogP contribution in [0.15, 0.2) is 0 Å². The van der Waals surface area contributed by atoms with Gasteiger partial charge >= 0.3 is 0 Å². The summed E-state index contributed by atoms with van der Waals surface area (Å²) in [5, 5.41) is 48.9. The van der Waals surface area contributed by atoms with Crippen molar-refractivity contribution in [3.05, 3.63) is 0 Å². The van der Waals surface area contributed by atoms with Gasteiger partial charge in [-0.1, -0.05) is 0 Å². The molecule has 4 atom stereocenters. The highest BCUT2D eigenvalue weighted by Gasteiger charge is 2.44. The Morgan fingerprint density at radius 2 is 1.92 bits per heavy atom. The summed E-state index contributed by atoms with van der Waals surface area (Å²) >= 11 is 0. The van der Waals surface area contributed by atoms with Gasteiger partial charge in [0, 0.05) is 13.1 Å². The summed E-state index contributed by atoms with van der Waals surface area (Å²) in [6.07, 6.45) is -4.15. The predicted octanol–water partition coefficient (Wildman–Crippen LogP) is -3.60. The first kappa shape index (κ1) is 10.8. The molecule has 6 N–H and O–H groups in total. The highest BCUT2D eigenvalue weighted by atomic mass is 16.4.